The number of Topliss-reactive ketones (excluding diaryl/α,β-unsaturated/α-hetero) is 2. The van der Waals surface area contributed by atoms with Gasteiger partial charge in [0, 0.05) is 61.1 Å². The van der Waals surface area contributed by atoms with Crippen molar-refractivity contribution >= 4 is 40.9 Å². The number of halogens is 5. The maximum atomic E-state index is 13.8. The van der Waals surface area contributed by atoms with Crippen molar-refractivity contribution in [3.63, 3.8) is 0 Å². The van der Waals surface area contributed by atoms with Crippen LogP contribution in [0.5, 0.6) is 0 Å². The van der Waals surface area contributed by atoms with Crippen LogP contribution in [-0.4, -0.2) is 121 Å². The number of nitrogens with two attached hydrogens (primary N) is 1. The lowest BCUT2D eigenvalue weighted by atomic mass is 10.1. The van der Waals surface area contributed by atoms with Crippen molar-refractivity contribution in [1.29, 1.82) is 0 Å². The zero-order valence-corrected chi connectivity index (χ0v) is 32.1. The van der Waals surface area contributed by atoms with Gasteiger partial charge in [-0.15, -0.1) is 0 Å². The van der Waals surface area contributed by atoms with Crippen molar-refractivity contribution in [3.05, 3.63) is 119 Å². The van der Waals surface area contributed by atoms with E-state index < -0.39 is 36.0 Å². The molecule has 15 nitrogen and oxygen atoms in total. The molecule has 4 aromatic rings. The number of nitrogens with one attached hydrogen (secondary N) is 1. The molecule has 0 spiro atoms. The first-order chi connectivity index (χ1) is 28.7. The second-order valence-electron chi connectivity index (χ2n) is 13.2. The van der Waals surface area contributed by atoms with E-state index in [2.05, 4.69) is 9.97 Å². The summed E-state index contributed by atoms with van der Waals surface area (Å²) in [7, 11) is 0. The number of hydrogen-bond acceptors (Lipinski definition) is 10. The molecule has 6 rings (SSSR count). The summed E-state index contributed by atoms with van der Waals surface area (Å²) in [5.74, 6) is -4.14. The number of pyridine rings is 2. The molecule has 20 heteroatoms. The minimum absolute atomic E-state index is 0.0157. The van der Waals surface area contributed by atoms with E-state index in [-0.39, 0.29) is 43.0 Å². The lowest BCUT2D eigenvalue weighted by molar-refractivity contribution is -0.173. The lowest BCUT2D eigenvalue weighted by Gasteiger charge is -2.33. The second-order valence-corrected chi connectivity index (χ2v) is 13.2. The van der Waals surface area contributed by atoms with Gasteiger partial charge in [-0.2, -0.15) is 13.2 Å². The summed E-state index contributed by atoms with van der Waals surface area (Å²) in [6.45, 7) is 2.55. The van der Waals surface area contributed by atoms with Crippen LogP contribution in [0.2, 0.25) is 0 Å². The summed E-state index contributed by atoms with van der Waals surface area (Å²) >= 11 is 0. The van der Waals surface area contributed by atoms with Crippen LogP contribution in [0.15, 0.2) is 85.2 Å². The monoisotopic (exact) mass is 840 g/mol. The van der Waals surface area contributed by atoms with Gasteiger partial charge in [0.1, 0.15) is 11.6 Å². The van der Waals surface area contributed by atoms with Crippen LogP contribution in [0.4, 0.5) is 42.9 Å². The standard InChI is InChI=1S/C21H20F4N4O4.C19H21FN4O3/c22-15-2-1-3-17(10-15)29(20(32)28-6-8-33-9-7-28)13-16-5-4-14(11-26-16)18(30)12-27-19(31)21(23,24)25;20-15-2-1-3-17(10-15)24(19(26)23-6-8-27-9-7-23)13-16-5-4-14(12-22-16)18(25)11-21/h1-5,10-11H,6-9,12-13H2,(H,27,31);1-5,10,12H,6-9,11,13,21H2. The van der Waals surface area contributed by atoms with Crippen LogP contribution in [0.25, 0.3) is 0 Å². The molecule has 60 heavy (non-hydrogen) atoms. The Morgan fingerprint density at radius 1 is 0.667 bits per heavy atom. The maximum absolute atomic E-state index is 13.8. The fourth-order valence-corrected chi connectivity index (χ4v) is 5.85. The molecule has 2 aromatic heterocycles. The molecule has 2 aliphatic rings. The number of carbonyl (C=O) groups is 5. The molecule has 0 bridgehead atoms. The minimum atomic E-state index is -5.09. The highest BCUT2D eigenvalue weighted by atomic mass is 19.4. The molecular formula is C40H41F5N8O7. The molecule has 2 fully saturated rings. The van der Waals surface area contributed by atoms with Gasteiger partial charge in [-0.05, 0) is 60.7 Å². The Morgan fingerprint density at radius 3 is 1.47 bits per heavy atom. The fourth-order valence-electron chi connectivity index (χ4n) is 5.85. The Kier molecular flexibility index (Phi) is 15.7. The van der Waals surface area contributed by atoms with Gasteiger partial charge in [0.15, 0.2) is 11.6 Å². The molecule has 0 radical (unpaired) electrons. The number of aromatic nitrogens is 2. The number of alkyl halides is 3. The van der Waals surface area contributed by atoms with E-state index in [1.54, 1.807) is 40.1 Å². The topological polar surface area (TPSA) is 181 Å². The first-order valence-corrected chi connectivity index (χ1v) is 18.5. The van der Waals surface area contributed by atoms with Gasteiger partial charge in [0.05, 0.1) is 64.0 Å². The number of hydrogen-bond donors (Lipinski definition) is 2. The number of anilines is 2. The zero-order valence-electron chi connectivity index (χ0n) is 32.1. The Bertz CT molecular complexity index is 2110. The van der Waals surface area contributed by atoms with Gasteiger partial charge in [-0.3, -0.25) is 34.2 Å². The molecular weight excluding hydrogens is 799 g/mol. The van der Waals surface area contributed by atoms with Gasteiger partial charge >= 0.3 is 24.1 Å². The van der Waals surface area contributed by atoms with E-state index >= 15 is 0 Å². The minimum Gasteiger partial charge on any atom is -0.378 e. The van der Waals surface area contributed by atoms with Crippen molar-refractivity contribution in [2.45, 2.75) is 19.3 Å². The van der Waals surface area contributed by atoms with E-state index in [1.165, 1.54) is 63.8 Å². The van der Waals surface area contributed by atoms with E-state index in [0.29, 0.717) is 80.9 Å². The predicted octanol–water partition coefficient (Wildman–Crippen LogP) is 4.36. The normalized spacial score (nSPS) is 14.0. The summed E-state index contributed by atoms with van der Waals surface area (Å²) in [6, 6.07) is 16.8. The molecule has 3 N–H and O–H groups in total. The van der Waals surface area contributed by atoms with Crippen molar-refractivity contribution in [1.82, 2.24) is 25.1 Å². The number of morpholine rings is 2. The number of urea groups is 2. The zero-order chi connectivity index (χ0) is 43.2. The Labute approximate surface area is 340 Å². The lowest BCUT2D eigenvalue weighted by Crippen LogP contribution is -2.48. The third-order valence-electron chi connectivity index (χ3n) is 9.05. The van der Waals surface area contributed by atoms with Crippen LogP contribution in [0.1, 0.15) is 32.1 Å². The third-order valence-corrected chi connectivity index (χ3v) is 9.05. The van der Waals surface area contributed by atoms with Crippen LogP contribution in [0, 0.1) is 11.6 Å². The quantitative estimate of drug-likeness (QED) is 0.163. The van der Waals surface area contributed by atoms with Crippen LogP contribution in [0.3, 0.4) is 0 Å². The fraction of sp³-hybridized carbons (Fsp3) is 0.325. The molecule has 0 atom stereocenters. The average Bonchev–Trinajstić information content (AvgIpc) is 3.26. The Balaban J connectivity index is 0.000000232. The van der Waals surface area contributed by atoms with Gasteiger partial charge in [-0.1, -0.05) is 12.1 Å². The van der Waals surface area contributed by atoms with E-state index in [0.717, 1.165) is 6.20 Å². The Morgan fingerprint density at radius 2 is 1.10 bits per heavy atom. The number of benzene rings is 2. The number of rotatable bonds is 11. The molecule has 0 aliphatic carbocycles. The van der Waals surface area contributed by atoms with Crippen molar-refractivity contribution in [2.75, 3.05) is 75.5 Å². The van der Waals surface area contributed by atoms with Gasteiger partial charge in [-0.25, -0.2) is 18.4 Å². The van der Waals surface area contributed by atoms with Crippen molar-refractivity contribution in [2.24, 2.45) is 5.73 Å². The average molecular weight is 841 g/mol. The first kappa shape index (κ1) is 44.7. The van der Waals surface area contributed by atoms with Gasteiger partial charge in [0.2, 0.25) is 0 Å². The highest BCUT2D eigenvalue weighted by Crippen LogP contribution is 2.23. The highest BCUT2D eigenvalue weighted by molar-refractivity contribution is 6.00. The SMILES string of the molecule is NCC(=O)c1ccc(CN(C(=O)N2CCOCC2)c2cccc(F)c2)nc1.O=C(CNC(=O)C(F)(F)F)c1ccc(CN(C(=O)N2CCOCC2)c2cccc(F)c2)nc1. The Hall–Kier alpha value is -6.38. The number of amides is 5. The van der Waals surface area contributed by atoms with Crippen LogP contribution in [-0.2, 0) is 27.4 Å². The molecule has 318 valence electrons. The summed E-state index contributed by atoms with van der Waals surface area (Å²) in [6.07, 6.45) is -2.51. The largest absolute Gasteiger partial charge is 0.471 e. The van der Waals surface area contributed by atoms with Gasteiger partial charge in [0.25, 0.3) is 0 Å². The molecule has 0 saturated carbocycles. The summed E-state index contributed by atoms with van der Waals surface area (Å²) in [5, 5.41) is 1.50. The van der Waals surface area contributed by atoms with Crippen molar-refractivity contribution < 1.29 is 55.4 Å². The van der Waals surface area contributed by atoms with Crippen LogP contribution >= 0.6 is 0 Å². The van der Waals surface area contributed by atoms with E-state index in [9.17, 15) is 45.9 Å². The highest BCUT2D eigenvalue weighted by Gasteiger charge is 2.38. The van der Waals surface area contributed by atoms with Crippen molar-refractivity contribution in [3.8, 4) is 0 Å². The number of ether oxygens (including phenoxy) is 2. The van der Waals surface area contributed by atoms with E-state index in [1.807, 2.05) is 0 Å². The molecule has 0 unspecified atom stereocenters. The molecule has 2 aromatic carbocycles. The van der Waals surface area contributed by atoms with Crippen LogP contribution < -0.4 is 20.9 Å². The number of ketones is 2. The molecule has 4 heterocycles. The van der Waals surface area contributed by atoms with E-state index in [4.69, 9.17) is 15.2 Å². The molecule has 2 aliphatic heterocycles. The number of carbonyl (C=O) groups excluding carboxylic acids is 5. The predicted molar refractivity (Wildman–Crippen MR) is 206 cm³/mol. The summed E-state index contributed by atoms with van der Waals surface area (Å²) in [5.41, 5.74) is 7.44. The smallest absolute Gasteiger partial charge is 0.378 e. The maximum Gasteiger partial charge on any atom is 0.471 e. The third kappa shape index (κ3) is 12.6. The second kappa shape index (κ2) is 21.0. The summed E-state index contributed by atoms with van der Waals surface area (Å²) < 4.78 is 74.8. The molecule has 2 saturated heterocycles. The first-order valence-electron chi connectivity index (χ1n) is 18.5. The number of nitrogens with zero attached hydrogens (tertiary/aromatic N) is 6. The molecule has 5 amide bonds. The van der Waals surface area contributed by atoms with Gasteiger partial charge < -0.3 is 30.3 Å². The summed E-state index contributed by atoms with van der Waals surface area (Å²) in [4.78, 5) is 75.0.